The fourth-order valence-electron chi connectivity index (χ4n) is 1.24. The molecular weight excluding hydrogens is 222 g/mol. The van der Waals surface area contributed by atoms with Crippen LogP contribution in [0.5, 0.6) is 5.75 Å². The lowest BCUT2D eigenvalue weighted by Gasteiger charge is -2.15. The minimum Gasteiger partial charge on any atom is -0.489 e. The summed E-state index contributed by atoms with van der Waals surface area (Å²) in [6.07, 6.45) is 0.109. The van der Waals surface area contributed by atoms with Gasteiger partial charge in [0.2, 0.25) is 0 Å². The van der Waals surface area contributed by atoms with Crippen LogP contribution in [0.4, 0.5) is 5.69 Å². The van der Waals surface area contributed by atoms with Crippen LogP contribution < -0.4 is 10.5 Å². The third-order valence-corrected chi connectivity index (χ3v) is 3.14. The van der Waals surface area contributed by atoms with Gasteiger partial charge >= 0.3 is 0 Å². The van der Waals surface area contributed by atoms with Crippen molar-refractivity contribution in [3.8, 4) is 5.75 Å². The quantitative estimate of drug-likeness (QED) is 0.614. The molecule has 1 unspecified atom stereocenters. The van der Waals surface area contributed by atoms with Gasteiger partial charge in [-0.25, -0.2) is 0 Å². The van der Waals surface area contributed by atoms with E-state index in [4.69, 9.17) is 15.6 Å². The van der Waals surface area contributed by atoms with Crippen LogP contribution in [0.3, 0.4) is 0 Å². The first-order chi connectivity index (χ1) is 7.54. The monoisotopic (exact) mass is 241 g/mol. The van der Waals surface area contributed by atoms with Gasteiger partial charge in [0.25, 0.3) is 0 Å². The molecule has 0 saturated heterocycles. The van der Waals surface area contributed by atoms with E-state index in [1.807, 2.05) is 39.0 Å². The normalized spacial score (nSPS) is 12.8. The Labute approximate surface area is 101 Å². The summed E-state index contributed by atoms with van der Waals surface area (Å²) < 4.78 is 5.60. The average Bonchev–Trinajstić information content (AvgIpc) is 2.23. The molecule has 0 radical (unpaired) electrons. The Hall–Kier alpha value is -0.870. The summed E-state index contributed by atoms with van der Waals surface area (Å²) in [5.74, 6) is 0.713. The molecule has 3 N–H and O–H groups in total. The molecule has 0 aliphatic heterocycles. The maximum Gasteiger partial charge on any atom is 0.143 e. The van der Waals surface area contributed by atoms with Gasteiger partial charge in [-0.05, 0) is 26.0 Å². The van der Waals surface area contributed by atoms with Crippen molar-refractivity contribution in [3.63, 3.8) is 0 Å². The smallest absolute Gasteiger partial charge is 0.143 e. The van der Waals surface area contributed by atoms with Gasteiger partial charge in [-0.15, -0.1) is 11.8 Å². The van der Waals surface area contributed by atoms with Crippen LogP contribution in [-0.2, 0) is 0 Å². The first-order valence-corrected chi connectivity index (χ1v) is 6.25. The molecule has 0 spiro atoms. The molecule has 0 fully saturated rings. The Morgan fingerprint density at radius 2 is 2.06 bits per heavy atom. The third kappa shape index (κ3) is 3.61. The number of nitrogen functional groups attached to an aromatic ring is 1. The molecule has 0 aromatic heterocycles. The maximum absolute atomic E-state index is 9.01. The van der Waals surface area contributed by atoms with E-state index in [1.165, 1.54) is 0 Å². The van der Waals surface area contributed by atoms with Crippen LogP contribution in [0.1, 0.15) is 20.8 Å². The first kappa shape index (κ1) is 13.2. The number of thioether (sulfide) groups is 1. The zero-order valence-electron chi connectivity index (χ0n) is 9.93. The number of nitrogens with two attached hydrogens (primary N) is 1. The van der Waals surface area contributed by atoms with Crippen molar-refractivity contribution < 1.29 is 9.84 Å². The van der Waals surface area contributed by atoms with Gasteiger partial charge in [-0.3, -0.25) is 0 Å². The lowest BCUT2D eigenvalue weighted by atomic mass is 10.3. The van der Waals surface area contributed by atoms with E-state index in [2.05, 4.69) is 0 Å². The Kier molecular flexibility index (Phi) is 4.96. The molecule has 1 atom stereocenters. The Morgan fingerprint density at radius 3 is 2.62 bits per heavy atom. The Morgan fingerprint density at radius 1 is 1.38 bits per heavy atom. The second kappa shape index (κ2) is 6.01. The highest BCUT2D eigenvalue weighted by Crippen LogP contribution is 2.35. The molecule has 0 saturated carbocycles. The standard InChI is InChI=1S/C12H19NO2S/c1-8(2)15-10-5-4-6-11(12(10)13)16-9(3)7-14/h4-6,8-9,14H,7,13H2,1-3H3. The highest BCUT2D eigenvalue weighted by atomic mass is 32.2. The number of hydrogen-bond acceptors (Lipinski definition) is 4. The lowest BCUT2D eigenvalue weighted by Crippen LogP contribution is -2.08. The predicted octanol–water partition coefficient (Wildman–Crippen LogP) is 2.53. The second-order valence-corrected chi connectivity index (χ2v) is 5.43. The fraction of sp³-hybridized carbons (Fsp3) is 0.500. The number of aliphatic hydroxyl groups excluding tert-OH is 1. The second-order valence-electron chi connectivity index (χ2n) is 3.95. The van der Waals surface area contributed by atoms with Gasteiger partial charge in [0.15, 0.2) is 0 Å². The minimum atomic E-state index is 0.109. The van der Waals surface area contributed by atoms with Crippen LogP contribution in [0.15, 0.2) is 23.1 Å². The maximum atomic E-state index is 9.01. The Balaban J connectivity index is 2.86. The fourth-order valence-corrected chi connectivity index (χ4v) is 2.13. The predicted molar refractivity (Wildman–Crippen MR) is 69.0 cm³/mol. The van der Waals surface area contributed by atoms with Crippen molar-refractivity contribution in [2.75, 3.05) is 12.3 Å². The molecule has 3 nitrogen and oxygen atoms in total. The highest BCUT2D eigenvalue weighted by Gasteiger charge is 2.10. The zero-order chi connectivity index (χ0) is 12.1. The number of aliphatic hydroxyl groups is 1. The average molecular weight is 241 g/mol. The van der Waals surface area contributed by atoms with Crippen molar-refractivity contribution in [2.24, 2.45) is 0 Å². The number of ether oxygens (including phenoxy) is 1. The van der Waals surface area contributed by atoms with Crippen molar-refractivity contribution in [2.45, 2.75) is 37.0 Å². The summed E-state index contributed by atoms with van der Waals surface area (Å²) >= 11 is 1.56. The van der Waals surface area contributed by atoms with Gasteiger partial charge in [0, 0.05) is 10.1 Å². The summed E-state index contributed by atoms with van der Waals surface area (Å²) in [6.45, 7) is 6.03. The van der Waals surface area contributed by atoms with Gasteiger partial charge in [-0.1, -0.05) is 13.0 Å². The topological polar surface area (TPSA) is 55.5 Å². The van der Waals surface area contributed by atoms with Crippen molar-refractivity contribution >= 4 is 17.4 Å². The summed E-state index contributed by atoms with van der Waals surface area (Å²) in [5.41, 5.74) is 6.66. The van der Waals surface area contributed by atoms with Gasteiger partial charge in [0.1, 0.15) is 5.75 Å². The van der Waals surface area contributed by atoms with Gasteiger partial charge < -0.3 is 15.6 Å². The van der Waals surface area contributed by atoms with Crippen molar-refractivity contribution in [3.05, 3.63) is 18.2 Å². The summed E-state index contributed by atoms with van der Waals surface area (Å²) in [7, 11) is 0. The third-order valence-electron chi connectivity index (χ3n) is 1.97. The molecule has 16 heavy (non-hydrogen) atoms. The largest absolute Gasteiger partial charge is 0.489 e. The van der Waals surface area contributed by atoms with Crippen LogP contribution in [0, 0.1) is 0 Å². The summed E-state index contributed by atoms with van der Waals surface area (Å²) in [5, 5.41) is 9.14. The molecule has 0 heterocycles. The number of anilines is 1. The van der Waals surface area contributed by atoms with Gasteiger partial charge in [-0.2, -0.15) is 0 Å². The van der Waals surface area contributed by atoms with Crippen LogP contribution in [-0.4, -0.2) is 23.1 Å². The van der Waals surface area contributed by atoms with Crippen molar-refractivity contribution in [1.29, 1.82) is 0 Å². The van der Waals surface area contributed by atoms with Gasteiger partial charge in [0.05, 0.1) is 18.4 Å². The molecule has 1 aromatic rings. The molecule has 0 bridgehead atoms. The van der Waals surface area contributed by atoms with Crippen LogP contribution in [0.25, 0.3) is 0 Å². The molecule has 1 aromatic carbocycles. The first-order valence-electron chi connectivity index (χ1n) is 5.37. The Bertz CT molecular complexity index is 342. The molecule has 0 amide bonds. The molecule has 0 aliphatic carbocycles. The molecular formula is C12H19NO2S. The summed E-state index contributed by atoms with van der Waals surface area (Å²) in [6, 6.07) is 5.73. The van der Waals surface area contributed by atoms with E-state index in [-0.39, 0.29) is 18.0 Å². The summed E-state index contributed by atoms with van der Waals surface area (Å²) in [4.78, 5) is 0.958. The van der Waals surface area contributed by atoms with E-state index in [0.29, 0.717) is 11.4 Å². The van der Waals surface area contributed by atoms with E-state index in [0.717, 1.165) is 4.90 Å². The van der Waals surface area contributed by atoms with Crippen molar-refractivity contribution in [1.82, 2.24) is 0 Å². The number of para-hydroxylation sites is 1. The molecule has 1 rings (SSSR count). The number of rotatable bonds is 5. The van der Waals surface area contributed by atoms with Crippen LogP contribution in [0.2, 0.25) is 0 Å². The molecule has 0 aliphatic rings. The van der Waals surface area contributed by atoms with E-state index >= 15 is 0 Å². The number of benzene rings is 1. The van der Waals surface area contributed by atoms with E-state index < -0.39 is 0 Å². The highest BCUT2D eigenvalue weighted by molar-refractivity contribution is 8.00. The lowest BCUT2D eigenvalue weighted by molar-refractivity contribution is 0.243. The SMILES string of the molecule is CC(C)Oc1cccc(SC(C)CO)c1N. The minimum absolute atomic E-state index is 0.109. The zero-order valence-corrected chi connectivity index (χ0v) is 10.8. The molecule has 90 valence electrons. The van der Waals surface area contributed by atoms with E-state index in [1.54, 1.807) is 11.8 Å². The number of hydrogen-bond donors (Lipinski definition) is 2. The van der Waals surface area contributed by atoms with Crippen LogP contribution >= 0.6 is 11.8 Å². The molecule has 4 heteroatoms. The van der Waals surface area contributed by atoms with E-state index in [9.17, 15) is 0 Å².